The minimum atomic E-state index is 0.527. The maximum atomic E-state index is 9.08. The molecule has 0 aliphatic carbocycles. The summed E-state index contributed by atoms with van der Waals surface area (Å²) in [6.45, 7) is 2.03. The van der Waals surface area contributed by atoms with Crippen molar-refractivity contribution in [1.29, 1.82) is 5.26 Å². The second kappa shape index (κ2) is 4.75. The Morgan fingerprint density at radius 3 is 2.88 bits per heavy atom. The van der Waals surface area contributed by atoms with Crippen LogP contribution >= 0.6 is 0 Å². The molecular weight excluding hydrogens is 212 g/mol. The highest BCUT2D eigenvalue weighted by Crippen LogP contribution is 2.27. The topological polar surface area (TPSA) is 63.0 Å². The highest BCUT2D eigenvalue weighted by atomic mass is 16.3. The molecule has 2 rings (SSSR count). The van der Waals surface area contributed by atoms with E-state index in [1.165, 1.54) is 0 Å². The van der Waals surface area contributed by atoms with E-state index in [1.54, 1.807) is 6.26 Å². The van der Waals surface area contributed by atoms with E-state index >= 15 is 0 Å². The van der Waals surface area contributed by atoms with E-state index in [0.717, 1.165) is 23.0 Å². The van der Waals surface area contributed by atoms with Crippen molar-refractivity contribution >= 4 is 16.7 Å². The van der Waals surface area contributed by atoms with Gasteiger partial charge in [0.1, 0.15) is 11.8 Å². The molecule has 0 fully saturated rings. The second-order valence-corrected chi connectivity index (χ2v) is 3.90. The first kappa shape index (κ1) is 11.3. The molecule has 0 amide bonds. The van der Waals surface area contributed by atoms with Crippen LogP contribution in [-0.2, 0) is 0 Å². The predicted octanol–water partition coefficient (Wildman–Crippen LogP) is 3.43. The van der Waals surface area contributed by atoms with Gasteiger partial charge in [-0.3, -0.25) is 0 Å². The molecule has 2 N–H and O–H groups in total. The Morgan fingerprint density at radius 2 is 2.18 bits per heavy atom. The zero-order chi connectivity index (χ0) is 12.3. The van der Waals surface area contributed by atoms with Crippen molar-refractivity contribution in [3.63, 3.8) is 0 Å². The van der Waals surface area contributed by atoms with Gasteiger partial charge >= 0.3 is 0 Å². The molecule has 1 aromatic carbocycles. The molecule has 0 spiro atoms. The number of hydrogen-bond acceptors (Lipinski definition) is 3. The fourth-order valence-corrected chi connectivity index (χ4v) is 1.85. The molecule has 0 aliphatic heterocycles. The number of furan rings is 1. The van der Waals surface area contributed by atoms with Crippen molar-refractivity contribution in [2.45, 2.75) is 19.8 Å². The lowest BCUT2D eigenvalue weighted by atomic mass is 10.0. The first-order valence-electron chi connectivity index (χ1n) is 5.63. The number of fused-ring (bicyclic) bond motifs is 1. The summed E-state index contributed by atoms with van der Waals surface area (Å²) < 4.78 is 5.42. The first-order chi connectivity index (χ1) is 8.27. The van der Waals surface area contributed by atoms with Gasteiger partial charge in [0.25, 0.3) is 0 Å². The molecule has 0 saturated heterocycles. The lowest BCUT2D eigenvalue weighted by Gasteiger charge is -2.02. The van der Waals surface area contributed by atoms with Crippen molar-refractivity contribution in [3.8, 4) is 6.07 Å². The van der Waals surface area contributed by atoms with Crippen LogP contribution in [0, 0.1) is 11.3 Å². The minimum absolute atomic E-state index is 0.527. The largest absolute Gasteiger partial charge is 0.464 e. The van der Waals surface area contributed by atoms with Gasteiger partial charge in [-0.2, -0.15) is 5.26 Å². The third-order valence-corrected chi connectivity index (χ3v) is 2.73. The quantitative estimate of drug-likeness (QED) is 0.815. The van der Waals surface area contributed by atoms with E-state index in [-0.39, 0.29) is 0 Å². The van der Waals surface area contributed by atoms with Gasteiger partial charge in [0.15, 0.2) is 0 Å². The fraction of sp³-hybridized carbons (Fsp3) is 0.214. The number of para-hydroxylation sites is 1. The van der Waals surface area contributed by atoms with Crippen LogP contribution in [0.2, 0.25) is 0 Å². The lowest BCUT2D eigenvalue weighted by Crippen LogP contribution is -2.00. The summed E-state index contributed by atoms with van der Waals surface area (Å²) in [5.74, 6) is 0. The maximum Gasteiger partial charge on any atom is 0.134 e. The molecule has 1 aromatic heterocycles. The number of nitrogens with zero attached hydrogens (tertiary/aromatic N) is 1. The molecule has 2 aromatic rings. The molecule has 0 bridgehead atoms. The summed E-state index contributed by atoms with van der Waals surface area (Å²) in [4.78, 5) is 0. The van der Waals surface area contributed by atoms with Gasteiger partial charge < -0.3 is 10.2 Å². The van der Waals surface area contributed by atoms with Crippen molar-refractivity contribution in [1.82, 2.24) is 0 Å². The van der Waals surface area contributed by atoms with Crippen molar-refractivity contribution < 1.29 is 4.42 Å². The molecule has 0 saturated carbocycles. The molecule has 17 heavy (non-hydrogen) atoms. The van der Waals surface area contributed by atoms with E-state index in [1.807, 2.05) is 31.2 Å². The number of nitriles is 1. The standard InChI is InChI=1S/C14H14N2O/c1-2-5-10(8-15)14(16)12-9-17-13-7-4-3-6-11(12)13/h3-4,6-7,9H,2,5,16H2,1H3/b14-10-. The van der Waals surface area contributed by atoms with Gasteiger partial charge in [-0.25, -0.2) is 0 Å². The normalized spacial score (nSPS) is 12.2. The molecule has 3 heteroatoms. The van der Waals surface area contributed by atoms with Gasteiger partial charge in [-0.15, -0.1) is 0 Å². The van der Waals surface area contributed by atoms with Crippen LogP contribution in [0.5, 0.6) is 0 Å². The van der Waals surface area contributed by atoms with E-state index < -0.39 is 0 Å². The molecule has 86 valence electrons. The fourth-order valence-electron chi connectivity index (χ4n) is 1.85. The molecule has 0 aliphatic rings. The van der Waals surface area contributed by atoms with Gasteiger partial charge in [0.05, 0.1) is 17.3 Å². The molecule has 1 heterocycles. The Labute approximate surface area is 100 Å². The minimum Gasteiger partial charge on any atom is -0.464 e. The Hall–Kier alpha value is -2.21. The van der Waals surface area contributed by atoms with Gasteiger partial charge in [-0.05, 0) is 12.5 Å². The van der Waals surface area contributed by atoms with E-state index in [0.29, 0.717) is 17.7 Å². The Morgan fingerprint density at radius 1 is 1.41 bits per heavy atom. The third kappa shape index (κ3) is 2.02. The molecule has 0 radical (unpaired) electrons. The van der Waals surface area contributed by atoms with E-state index in [4.69, 9.17) is 15.4 Å². The monoisotopic (exact) mass is 226 g/mol. The van der Waals surface area contributed by atoms with Crippen LogP contribution in [0.4, 0.5) is 0 Å². The third-order valence-electron chi connectivity index (χ3n) is 2.73. The Balaban J connectivity index is 2.57. The SMILES string of the molecule is CCC/C(C#N)=C(/N)c1coc2ccccc12. The summed E-state index contributed by atoms with van der Waals surface area (Å²) in [5.41, 5.74) is 8.80. The number of benzene rings is 1. The van der Waals surface area contributed by atoms with E-state index in [2.05, 4.69) is 6.07 Å². The number of rotatable bonds is 3. The van der Waals surface area contributed by atoms with Crippen LogP contribution in [0.25, 0.3) is 16.7 Å². The lowest BCUT2D eigenvalue weighted by molar-refractivity contribution is 0.614. The summed E-state index contributed by atoms with van der Waals surface area (Å²) in [5, 5.41) is 10.0. The highest BCUT2D eigenvalue weighted by Gasteiger charge is 2.11. The summed E-state index contributed by atoms with van der Waals surface area (Å²) >= 11 is 0. The predicted molar refractivity (Wildman–Crippen MR) is 67.8 cm³/mol. The maximum absolute atomic E-state index is 9.08. The van der Waals surface area contributed by atoms with Crippen LogP contribution in [0.3, 0.4) is 0 Å². The average molecular weight is 226 g/mol. The van der Waals surface area contributed by atoms with Crippen molar-refractivity contribution in [2.75, 3.05) is 0 Å². The average Bonchev–Trinajstić information content (AvgIpc) is 2.79. The smallest absolute Gasteiger partial charge is 0.134 e. The van der Waals surface area contributed by atoms with E-state index in [9.17, 15) is 0 Å². The van der Waals surface area contributed by atoms with Gasteiger partial charge in [-0.1, -0.05) is 31.5 Å². The van der Waals surface area contributed by atoms with Crippen LogP contribution in [0.1, 0.15) is 25.3 Å². The van der Waals surface area contributed by atoms with Crippen LogP contribution in [0.15, 0.2) is 40.5 Å². The summed E-state index contributed by atoms with van der Waals surface area (Å²) in [7, 11) is 0. The number of hydrogen-bond donors (Lipinski definition) is 1. The number of allylic oxidation sites excluding steroid dienone is 1. The Bertz CT molecular complexity index is 602. The Kier molecular flexibility index (Phi) is 3.15. The molecular formula is C14H14N2O. The summed E-state index contributed by atoms with van der Waals surface area (Å²) in [6.07, 6.45) is 3.22. The second-order valence-electron chi connectivity index (χ2n) is 3.90. The zero-order valence-corrected chi connectivity index (χ0v) is 9.73. The van der Waals surface area contributed by atoms with Gasteiger partial charge in [0.2, 0.25) is 0 Å². The molecule has 0 atom stereocenters. The first-order valence-corrected chi connectivity index (χ1v) is 5.63. The van der Waals surface area contributed by atoms with Crippen LogP contribution in [-0.4, -0.2) is 0 Å². The molecule has 0 unspecified atom stereocenters. The van der Waals surface area contributed by atoms with Crippen molar-refractivity contribution in [3.05, 3.63) is 41.7 Å². The molecule has 3 nitrogen and oxygen atoms in total. The van der Waals surface area contributed by atoms with Crippen LogP contribution < -0.4 is 5.73 Å². The van der Waals surface area contributed by atoms with Gasteiger partial charge in [0, 0.05) is 10.9 Å². The zero-order valence-electron chi connectivity index (χ0n) is 9.73. The summed E-state index contributed by atoms with van der Waals surface area (Å²) in [6, 6.07) is 9.84. The highest BCUT2D eigenvalue weighted by molar-refractivity contribution is 5.91. The number of nitrogens with two attached hydrogens (primary N) is 1. The van der Waals surface area contributed by atoms with Crippen molar-refractivity contribution in [2.24, 2.45) is 5.73 Å².